The zero-order valence-electron chi connectivity index (χ0n) is 18.8. The van der Waals surface area contributed by atoms with Gasteiger partial charge in [0.2, 0.25) is 5.91 Å². The Morgan fingerprint density at radius 1 is 1.15 bits per heavy atom. The van der Waals surface area contributed by atoms with E-state index in [1.54, 1.807) is 58.2 Å². The summed E-state index contributed by atoms with van der Waals surface area (Å²) in [6, 6.07) is 20.7. The van der Waals surface area contributed by atoms with Crippen molar-refractivity contribution in [2.24, 2.45) is 0 Å². The molecule has 5 rings (SSSR count). The summed E-state index contributed by atoms with van der Waals surface area (Å²) < 4.78 is 1.64. The van der Waals surface area contributed by atoms with Crippen molar-refractivity contribution in [2.75, 3.05) is 4.90 Å². The van der Waals surface area contributed by atoms with E-state index < -0.39 is 5.54 Å². The highest BCUT2D eigenvalue weighted by molar-refractivity contribution is 7.13. The Bertz CT molecular complexity index is 1360. The second-order valence-electron chi connectivity index (χ2n) is 8.61. The Morgan fingerprint density at radius 2 is 1.94 bits per heavy atom. The molecule has 34 heavy (non-hydrogen) atoms. The Balaban J connectivity index is 1.53. The van der Waals surface area contributed by atoms with Crippen molar-refractivity contribution in [3.63, 3.8) is 0 Å². The van der Waals surface area contributed by atoms with Gasteiger partial charge in [0.05, 0.1) is 11.4 Å². The van der Waals surface area contributed by atoms with Crippen molar-refractivity contribution in [1.82, 2.24) is 15.1 Å². The number of thiophene rings is 1. The third-order valence-corrected chi connectivity index (χ3v) is 7.18. The van der Waals surface area contributed by atoms with E-state index in [1.807, 2.05) is 48.7 Å². The molecule has 1 aliphatic rings. The average molecular weight is 491 g/mol. The molecule has 172 valence electrons. The van der Waals surface area contributed by atoms with Crippen molar-refractivity contribution in [1.29, 1.82) is 0 Å². The summed E-state index contributed by atoms with van der Waals surface area (Å²) in [6.45, 7) is 4.36. The second kappa shape index (κ2) is 8.74. The fourth-order valence-electron chi connectivity index (χ4n) is 4.22. The maximum atomic E-state index is 13.8. The number of benzene rings is 2. The van der Waals surface area contributed by atoms with E-state index in [0.717, 1.165) is 16.0 Å². The highest BCUT2D eigenvalue weighted by atomic mass is 35.5. The molecule has 0 saturated carbocycles. The van der Waals surface area contributed by atoms with Gasteiger partial charge in [-0.2, -0.15) is 5.10 Å². The lowest BCUT2D eigenvalue weighted by molar-refractivity contribution is -0.126. The zero-order chi connectivity index (χ0) is 23.9. The van der Waals surface area contributed by atoms with Crippen LogP contribution in [-0.2, 0) is 17.9 Å². The Labute approximate surface area is 206 Å². The number of aromatic nitrogens is 2. The summed E-state index contributed by atoms with van der Waals surface area (Å²) in [5.74, 6) is -0.558. The number of amides is 2. The molecule has 0 saturated heterocycles. The van der Waals surface area contributed by atoms with Crippen LogP contribution >= 0.6 is 22.9 Å². The van der Waals surface area contributed by atoms with Crippen molar-refractivity contribution in [3.8, 4) is 10.6 Å². The van der Waals surface area contributed by atoms with Gasteiger partial charge in [-0.3, -0.25) is 19.2 Å². The number of hydrogen-bond donors (Lipinski definition) is 1. The quantitative estimate of drug-likeness (QED) is 0.412. The van der Waals surface area contributed by atoms with E-state index in [9.17, 15) is 9.59 Å². The molecule has 2 aromatic carbocycles. The standard InChI is InChI=1S/C26H23ClN4O2S/c1-17-8-10-18(11-9-17)15-28-25(33)26(2)16-30-22(14-21(29-30)23-7-4-12-34-23)24(32)31(26)20-6-3-5-19(27)13-20/h3-14H,15-16H2,1-2H3,(H,28,33)/t26-/m0/s1. The average Bonchev–Trinajstić information content (AvgIpc) is 3.48. The van der Waals surface area contributed by atoms with Crippen LogP contribution < -0.4 is 10.2 Å². The highest BCUT2D eigenvalue weighted by Crippen LogP contribution is 2.35. The highest BCUT2D eigenvalue weighted by Gasteiger charge is 2.49. The molecule has 0 unspecified atom stereocenters. The van der Waals surface area contributed by atoms with E-state index in [4.69, 9.17) is 11.6 Å². The van der Waals surface area contributed by atoms with Crippen LogP contribution in [0.1, 0.15) is 28.5 Å². The molecule has 1 N–H and O–H groups in total. The first-order valence-electron chi connectivity index (χ1n) is 10.9. The summed E-state index contributed by atoms with van der Waals surface area (Å²) in [7, 11) is 0. The number of fused-ring (bicyclic) bond motifs is 1. The molecule has 8 heteroatoms. The molecule has 0 radical (unpaired) electrons. The van der Waals surface area contributed by atoms with Gasteiger partial charge in [-0.05, 0) is 55.1 Å². The van der Waals surface area contributed by atoms with Crippen LogP contribution in [0.3, 0.4) is 0 Å². The predicted molar refractivity (Wildman–Crippen MR) is 135 cm³/mol. The lowest BCUT2D eigenvalue weighted by atomic mass is 9.93. The molecule has 0 bridgehead atoms. The molecule has 0 spiro atoms. The molecule has 2 aromatic heterocycles. The predicted octanol–water partition coefficient (Wildman–Crippen LogP) is 5.31. The molecule has 4 aromatic rings. The summed E-state index contributed by atoms with van der Waals surface area (Å²) >= 11 is 7.81. The number of hydrogen-bond acceptors (Lipinski definition) is 4. The maximum absolute atomic E-state index is 13.8. The number of carbonyl (C=O) groups is 2. The SMILES string of the molecule is Cc1ccc(CNC(=O)[C@]2(C)Cn3nc(-c4cccs4)cc3C(=O)N2c2cccc(Cl)c2)cc1. The fourth-order valence-corrected chi connectivity index (χ4v) is 5.09. The molecular weight excluding hydrogens is 468 g/mol. The van der Waals surface area contributed by atoms with Gasteiger partial charge in [0, 0.05) is 17.3 Å². The topological polar surface area (TPSA) is 67.2 Å². The minimum atomic E-state index is -1.21. The molecule has 1 aliphatic heterocycles. The van der Waals surface area contributed by atoms with Crippen LogP contribution in [0.2, 0.25) is 5.02 Å². The molecule has 1 atom stereocenters. The van der Waals surface area contributed by atoms with Gasteiger partial charge in [0.25, 0.3) is 5.91 Å². The first-order valence-corrected chi connectivity index (χ1v) is 12.2. The third kappa shape index (κ3) is 4.02. The Kier molecular flexibility index (Phi) is 5.75. The minimum Gasteiger partial charge on any atom is -0.350 e. The van der Waals surface area contributed by atoms with Gasteiger partial charge in [-0.1, -0.05) is 53.6 Å². The summed E-state index contributed by atoms with van der Waals surface area (Å²) in [6.07, 6.45) is 0. The van der Waals surface area contributed by atoms with Crippen LogP contribution in [0.4, 0.5) is 5.69 Å². The number of anilines is 1. The monoisotopic (exact) mass is 490 g/mol. The lowest BCUT2D eigenvalue weighted by Crippen LogP contribution is -2.64. The molecule has 3 heterocycles. The molecule has 0 aliphatic carbocycles. The van der Waals surface area contributed by atoms with Gasteiger partial charge in [-0.25, -0.2) is 0 Å². The molecule has 6 nitrogen and oxygen atoms in total. The number of nitrogens with zero attached hydrogens (tertiary/aromatic N) is 3. The van der Waals surface area contributed by atoms with E-state index in [1.165, 1.54) is 0 Å². The van der Waals surface area contributed by atoms with E-state index in [-0.39, 0.29) is 18.4 Å². The fraction of sp³-hybridized carbons (Fsp3) is 0.192. The third-order valence-electron chi connectivity index (χ3n) is 6.06. The summed E-state index contributed by atoms with van der Waals surface area (Å²) in [4.78, 5) is 29.9. The molecule has 0 fully saturated rings. The Morgan fingerprint density at radius 3 is 2.65 bits per heavy atom. The number of halogens is 1. The van der Waals surface area contributed by atoms with Crippen LogP contribution in [0, 0.1) is 6.92 Å². The smallest absolute Gasteiger partial charge is 0.277 e. The van der Waals surface area contributed by atoms with Crippen molar-refractivity contribution < 1.29 is 9.59 Å². The molecular formula is C26H23ClN4O2S. The largest absolute Gasteiger partial charge is 0.350 e. The minimum absolute atomic E-state index is 0.214. The van der Waals surface area contributed by atoms with Crippen LogP contribution in [0.5, 0.6) is 0 Å². The van der Waals surface area contributed by atoms with Crippen LogP contribution in [0.15, 0.2) is 72.1 Å². The van der Waals surface area contributed by atoms with E-state index >= 15 is 0 Å². The van der Waals surface area contributed by atoms with Gasteiger partial charge in [0.15, 0.2) is 0 Å². The number of aryl methyl sites for hydroxylation is 1. The summed E-state index contributed by atoms with van der Waals surface area (Å²) in [5.41, 5.74) is 2.65. The van der Waals surface area contributed by atoms with Gasteiger partial charge in [0.1, 0.15) is 16.9 Å². The number of rotatable bonds is 5. The van der Waals surface area contributed by atoms with Crippen molar-refractivity contribution in [3.05, 3.63) is 94.0 Å². The first-order chi connectivity index (χ1) is 16.3. The molecule has 2 amide bonds. The zero-order valence-corrected chi connectivity index (χ0v) is 20.4. The maximum Gasteiger partial charge on any atom is 0.277 e. The number of carbonyl (C=O) groups excluding carboxylic acids is 2. The van der Waals surface area contributed by atoms with E-state index in [2.05, 4.69) is 10.4 Å². The summed E-state index contributed by atoms with van der Waals surface area (Å²) in [5, 5.41) is 10.2. The van der Waals surface area contributed by atoms with E-state index in [0.29, 0.717) is 28.6 Å². The van der Waals surface area contributed by atoms with Gasteiger partial charge < -0.3 is 5.32 Å². The first kappa shape index (κ1) is 22.4. The van der Waals surface area contributed by atoms with Crippen molar-refractivity contribution >= 4 is 40.4 Å². The second-order valence-corrected chi connectivity index (χ2v) is 10.00. The van der Waals surface area contributed by atoms with Crippen LogP contribution in [0.25, 0.3) is 10.6 Å². The lowest BCUT2D eigenvalue weighted by Gasteiger charge is -2.43. The van der Waals surface area contributed by atoms with Gasteiger partial charge >= 0.3 is 0 Å². The number of nitrogens with one attached hydrogen (secondary N) is 1. The van der Waals surface area contributed by atoms with Gasteiger partial charge in [-0.15, -0.1) is 11.3 Å². The Hall–Kier alpha value is -3.42. The normalized spacial score (nSPS) is 17.5. The van der Waals surface area contributed by atoms with Crippen molar-refractivity contribution in [2.45, 2.75) is 32.5 Å². The van der Waals surface area contributed by atoms with Crippen LogP contribution in [-0.4, -0.2) is 27.1 Å².